The lowest BCUT2D eigenvalue weighted by molar-refractivity contribution is 0.101. The van der Waals surface area contributed by atoms with Gasteiger partial charge in [-0.3, -0.25) is 4.79 Å². The summed E-state index contributed by atoms with van der Waals surface area (Å²) >= 11 is 0. The number of nitrogens with one attached hydrogen (secondary N) is 1. The van der Waals surface area contributed by atoms with Crippen LogP contribution < -0.4 is 10.2 Å². The summed E-state index contributed by atoms with van der Waals surface area (Å²) in [5, 5.41) is 3.12. The number of anilines is 3. The lowest BCUT2D eigenvalue weighted by Gasteiger charge is -2.28. The third kappa shape index (κ3) is 4.19. The molecule has 0 spiro atoms. The Morgan fingerprint density at radius 1 is 1.27 bits per heavy atom. The third-order valence-electron chi connectivity index (χ3n) is 4.47. The molecule has 1 aliphatic heterocycles. The molecule has 0 amide bonds. The summed E-state index contributed by atoms with van der Waals surface area (Å²) in [5.41, 5.74) is 1.42. The maximum atomic E-state index is 11.8. The molecule has 2 heterocycles. The first kappa shape index (κ1) is 18.3. The minimum absolute atomic E-state index is 0.0138. The van der Waals surface area contributed by atoms with Crippen LogP contribution in [0.2, 0.25) is 0 Å². The van der Waals surface area contributed by atoms with E-state index in [1.54, 1.807) is 36.5 Å². The predicted octanol–water partition coefficient (Wildman–Crippen LogP) is 2.44. The number of hydrogen-bond donors (Lipinski definition) is 1. The average Bonchev–Trinajstić information content (AvgIpc) is 2.96. The van der Waals surface area contributed by atoms with Crippen molar-refractivity contribution in [1.82, 2.24) is 9.97 Å². The molecule has 1 saturated heterocycles. The molecule has 1 unspecified atom stereocenters. The van der Waals surface area contributed by atoms with Crippen molar-refractivity contribution >= 4 is 33.1 Å². The molecule has 138 valence electrons. The molecule has 0 aliphatic carbocycles. The maximum absolute atomic E-state index is 11.8. The molecular weight excluding hydrogens is 352 g/mol. The standard InChI is InChI=1S/C18H22N4O3S/c1-3-22(16-9-11-26(24,25)12-16)17-8-10-19-18(21-17)20-15-6-4-14(5-7-15)13(2)23/h4-8,10,16H,3,9,11-12H2,1-2H3,(H,19,20,21). The Bertz CT molecular complexity index is 897. The van der Waals surface area contributed by atoms with E-state index < -0.39 is 9.84 Å². The Balaban J connectivity index is 1.77. The topological polar surface area (TPSA) is 92.3 Å². The molecule has 2 aromatic rings. The molecular formula is C18H22N4O3S. The lowest BCUT2D eigenvalue weighted by atomic mass is 10.1. The van der Waals surface area contributed by atoms with Crippen LogP contribution in [-0.4, -0.2) is 48.3 Å². The largest absolute Gasteiger partial charge is 0.353 e. The van der Waals surface area contributed by atoms with Gasteiger partial charge in [0.1, 0.15) is 5.82 Å². The van der Waals surface area contributed by atoms with Crippen molar-refractivity contribution in [3.05, 3.63) is 42.1 Å². The highest BCUT2D eigenvalue weighted by Crippen LogP contribution is 2.24. The first-order chi connectivity index (χ1) is 12.4. The van der Waals surface area contributed by atoms with Crippen LogP contribution in [0.15, 0.2) is 36.5 Å². The van der Waals surface area contributed by atoms with E-state index in [9.17, 15) is 13.2 Å². The second-order valence-corrected chi connectivity index (χ2v) is 8.57. The number of rotatable bonds is 6. The van der Waals surface area contributed by atoms with Crippen LogP contribution in [0.5, 0.6) is 0 Å². The minimum Gasteiger partial charge on any atom is -0.353 e. The van der Waals surface area contributed by atoms with Gasteiger partial charge in [0.2, 0.25) is 5.95 Å². The summed E-state index contributed by atoms with van der Waals surface area (Å²) < 4.78 is 23.6. The molecule has 26 heavy (non-hydrogen) atoms. The first-order valence-corrected chi connectivity index (χ1v) is 10.4. The molecule has 0 radical (unpaired) electrons. The van der Waals surface area contributed by atoms with E-state index in [4.69, 9.17) is 0 Å². The molecule has 1 N–H and O–H groups in total. The van der Waals surface area contributed by atoms with Crippen LogP contribution >= 0.6 is 0 Å². The quantitative estimate of drug-likeness (QED) is 0.776. The first-order valence-electron chi connectivity index (χ1n) is 8.56. The third-order valence-corrected chi connectivity index (χ3v) is 6.22. The number of sulfone groups is 1. The molecule has 1 fully saturated rings. The normalized spacial score (nSPS) is 18.5. The number of Topliss-reactive ketones (excluding diaryl/α,β-unsaturated/α-hetero) is 1. The zero-order chi connectivity index (χ0) is 18.7. The fourth-order valence-corrected chi connectivity index (χ4v) is 4.85. The smallest absolute Gasteiger partial charge is 0.229 e. The monoisotopic (exact) mass is 374 g/mol. The van der Waals surface area contributed by atoms with Crippen molar-refractivity contribution in [3.8, 4) is 0 Å². The molecule has 0 saturated carbocycles. The molecule has 1 aromatic carbocycles. The molecule has 1 aliphatic rings. The van der Waals surface area contributed by atoms with Gasteiger partial charge < -0.3 is 10.2 Å². The fraction of sp³-hybridized carbons (Fsp3) is 0.389. The van der Waals surface area contributed by atoms with Crippen LogP contribution in [-0.2, 0) is 9.84 Å². The lowest BCUT2D eigenvalue weighted by Crippen LogP contribution is -2.36. The van der Waals surface area contributed by atoms with Gasteiger partial charge in [-0.05, 0) is 50.6 Å². The number of nitrogens with zero attached hydrogens (tertiary/aromatic N) is 3. The Labute approximate surface area is 153 Å². The van der Waals surface area contributed by atoms with Crippen LogP contribution in [0.3, 0.4) is 0 Å². The maximum Gasteiger partial charge on any atom is 0.229 e. The number of carbonyl (C=O) groups is 1. The van der Waals surface area contributed by atoms with Crippen LogP contribution in [0.25, 0.3) is 0 Å². The van der Waals surface area contributed by atoms with E-state index in [2.05, 4.69) is 15.3 Å². The van der Waals surface area contributed by atoms with Gasteiger partial charge in [-0.25, -0.2) is 13.4 Å². The highest BCUT2D eigenvalue weighted by molar-refractivity contribution is 7.91. The van der Waals surface area contributed by atoms with Crippen molar-refractivity contribution in [1.29, 1.82) is 0 Å². The summed E-state index contributed by atoms with van der Waals surface area (Å²) in [4.78, 5) is 22.1. The van der Waals surface area contributed by atoms with E-state index >= 15 is 0 Å². The Hall–Kier alpha value is -2.48. The van der Waals surface area contributed by atoms with Gasteiger partial charge in [-0.1, -0.05) is 0 Å². The number of ketones is 1. The number of benzene rings is 1. The summed E-state index contributed by atoms with van der Waals surface area (Å²) in [6.07, 6.45) is 2.27. The SMILES string of the molecule is CCN(c1ccnc(Nc2ccc(C(C)=O)cc2)n1)C1CCS(=O)(=O)C1. The Morgan fingerprint density at radius 3 is 2.58 bits per heavy atom. The minimum atomic E-state index is -2.96. The summed E-state index contributed by atoms with van der Waals surface area (Å²) in [6, 6.07) is 8.83. The van der Waals surface area contributed by atoms with Crippen molar-refractivity contribution < 1.29 is 13.2 Å². The second kappa shape index (κ2) is 7.41. The Kier molecular flexibility index (Phi) is 5.22. The van der Waals surface area contributed by atoms with Gasteiger partial charge in [0.15, 0.2) is 15.6 Å². The highest BCUT2D eigenvalue weighted by Gasteiger charge is 2.32. The predicted molar refractivity (Wildman–Crippen MR) is 102 cm³/mol. The summed E-state index contributed by atoms with van der Waals surface area (Å²) in [5.74, 6) is 1.54. The number of aromatic nitrogens is 2. The molecule has 1 atom stereocenters. The fourth-order valence-electron chi connectivity index (χ4n) is 3.12. The van der Waals surface area contributed by atoms with E-state index in [0.29, 0.717) is 30.3 Å². The van der Waals surface area contributed by atoms with E-state index in [1.807, 2.05) is 11.8 Å². The van der Waals surface area contributed by atoms with Gasteiger partial charge in [0, 0.05) is 30.0 Å². The zero-order valence-electron chi connectivity index (χ0n) is 14.8. The summed E-state index contributed by atoms with van der Waals surface area (Å²) in [6.45, 7) is 4.18. The van der Waals surface area contributed by atoms with Crippen LogP contribution in [0.1, 0.15) is 30.6 Å². The van der Waals surface area contributed by atoms with Crippen molar-refractivity contribution in [2.24, 2.45) is 0 Å². The average molecular weight is 374 g/mol. The molecule has 0 bridgehead atoms. The van der Waals surface area contributed by atoms with Crippen LogP contribution in [0, 0.1) is 0 Å². The van der Waals surface area contributed by atoms with Crippen molar-refractivity contribution in [2.75, 3.05) is 28.3 Å². The summed E-state index contributed by atoms with van der Waals surface area (Å²) in [7, 11) is -2.96. The van der Waals surface area contributed by atoms with E-state index in [-0.39, 0.29) is 23.3 Å². The Morgan fingerprint density at radius 2 is 2.00 bits per heavy atom. The van der Waals surface area contributed by atoms with Gasteiger partial charge >= 0.3 is 0 Å². The van der Waals surface area contributed by atoms with E-state index in [1.165, 1.54) is 6.92 Å². The van der Waals surface area contributed by atoms with Gasteiger partial charge in [0.25, 0.3) is 0 Å². The highest BCUT2D eigenvalue weighted by atomic mass is 32.2. The van der Waals surface area contributed by atoms with Gasteiger partial charge in [-0.15, -0.1) is 0 Å². The number of carbonyl (C=O) groups excluding carboxylic acids is 1. The molecule has 3 rings (SSSR count). The molecule has 7 nitrogen and oxygen atoms in total. The van der Waals surface area contributed by atoms with Gasteiger partial charge in [-0.2, -0.15) is 4.98 Å². The van der Waals surface area contributed by atoms with Crippen molar-refractivity contribution in [2.45, 2.75) is 26.3 Å². The van der Waals surface area contributed by atoms with Crippen molar-refractivity contribution in [3.63, 3.8) is 0 Å². The second-order valence-electron chi connectivity index (χ2n) is 6.34. The van der Waals surface area contributed by atoms with E-state index in [0.717, 1.165) is 5.69 Å². The number of hydrogen-bond acceptors (Lipinski definition) is 7. The molecule has 8 heteroatoms. The van der Waals surface area contributed by atoms with Crippen LogP contribution in [0.4, 0.5) is 17.5 Å². The zero-order valence-corrected chi connectivity index (χ0v) is 15.7. The molecule has 1 aromatic heterocycles. The van der Waals surface area contributed by atoms with Gasteiger partial charge in [0.05, 0.1) is 11.5 Å².